The normalized spacial score (nSPS) is 11.7. The molecule has 0 spiro atoms. The maximum atomic E-state index is 13.0. The van der Waals surface area contributed by atoms with Crippen molar-refractivity contribution in [3.63, 3.8) is 0 Å². The summed E-state index contributed by atoms with van der Waals surface area (Å²) in [5.74, 6) is 0.318. The van der Waals surface area contributed by atoms with Crippen LogP contribution in [-0.4, -0.2) is 8.42 Å². The van der Waals surface area contributed by atoms with Gasteiger partial charge in [0.2, 0.25) is 0 Å². The van der Waals surface area contributed by atoms with Gasteiger partial charge in [-0.1, -0.05) is 97.1 Å². The Bertz CT molecular complexity index is 1320. The maximum absolute atomic E-state index is 13.0. The Kier molecular flexibility index (Phi) is 6.76. The highest BCUT2D eigenvalue weighted by Gasteiger charge is 2.22. The third-order valence-corrected chi connectivity index (χ3v) is 6.94. The van der Waals surface area contributed by atoms with Gasteiger partial charge in [-0.2, -0.15) is 8.42 Å². The van der Waals surface area contributed by atoms with E-state index in [4.69, 9.17) is 4.18 Å². The first-order valence-electron chi connectivity index (χ1n) is 10.9. The van der Waals surface area contributed by atoms with Gasteiger partial charge in [0.05, 0.1) is 0 Å². The second kappa shape index (κ2) is 9.88. The molecule has 3 nitrogen and oxygen atoms in total. The van der Waals surface area contributed by atoms with E-state index >= 15 is 0 Å². The average molecular weight is 455 g/mol. The molecule has 4 rings (SSSR count). The third-order valence-electron chi connectivity index (χ3n) is 5.54. The van der Waals surface area contributed by atoms with Gasteiger partial charge in [0.15, 0.2) is 0 Å². The van der Waals surface area contributed by atoms with Crippen molar-refractivity contribution in [2.24, 2.45) is 0 Å². The summed E-state index contributed by atoms with van der Waals surface area (Å²) in [7, 11) is -3.96. The highest BCUT2D eigenvalue weighted by Crippen LogP contribution is 2.35. The standard InChI is InChI=1S/C29H26O3S/c1-3-12-25-21-26(29(23-14-6-4-7-15-23)24-16-8-5-9-17-24)19-20-27(25)32-33(30,31)28-18-11-10-13-22(28)2/h3-21,29H,1-2H3. The molecule has 4 heteroatoms. The van der Waals surface area contributed by atoms with Crippen molar-refractivity contribution >= 4 is 16.2 Å². The van der Waals surface area contributed by atoms with Crippen LogP contribution in [0.15, 0.2) is 114 Å². The summed E-state index contributed by atoms with van der Waals surface area (Å²) < 4.78 is 31.6. The Morgan fingerprint density at radius 2 is 1.30 bits per heavy atom. The lowest BCUT2D eigenvalue weighted by Gasteiger charge is -2.20. The molecule has 0 bridgehead atoms. The summed E-state index contributed by atoms with van der Waals surface area (Å²) in [6, 6.07) is 33.1. The first-order valence-corrected chi connectivity index (χ1v) is 12.3. The monoisotopic (exact) mass is 454 g/mol. The van der Waals surface area contributed by atoms with Gasteiger partial charge in [-0.05, 0) is 54.3 Å². The maximum Gasteiger partial charge on any atom is 0.339 e. The Morgan fingerprint density at radius 1 is 0.727 bits per heavy atom. The van der Waals surface area contributed by atoms with Crippen LogP contribution in [0, 0.1) is 6.92 Å². The molecule has 4 aromatic carbocycles. The zero-order valence-electron chi connectivity index (χ0n) is 18.7. The molecule has 0 saturated heterocycles. The second-order valence-corrected chi connectivity index (χ2v) is 9.37. The first-order chi connectivity index (χ1) is 16.0. The van der Waals surface area contributed by atoms with Crippen molar-refractivity contribution in [3.8, 4) is 5.75 Å². The molecule has 0 saturated carbocycles. The fourth-order valence-corrected chi connectivity index (χ4v) is 5.19. The molecule has 0 radical (unpaired) electrons. The van der Waals surface area contributed by atoms with Crippen LogP contribution in [0.2, 0.25) is 0 Å². The van der Waals surface area contributed by atoms with Gasteiger partial charge < -0.3 is 4.18 Å². The molecule has 0 unspecified atom stereocenters. The van der Waals surface area contributed by atoms with Crippen molar-refractivity contribution in [2.45, 2.75) is 24.7 Å². The van der Waals surface area contributed by atoms with Gasteiger partial charge in [-0.15, -0.1) is 0 Å². The van der Waals surface area contributed by atoms with Crippen LogP contribution in [-0.2, 0) is 10.1 Å². The molecule has 0 aromatic heterocycles. The SMILES string of the molecule is CC=Cc1cc(C(c2ccccc2)c2ccccc2)ccc1OS(=O)(=O)c1ccccc1C. The number of rotatable bonds is 7. The van der Waals surface area contributed by atoms with Crippen LogP contribution in [0.4, 0.5) is 0 Å². The fraction of sp³-hybridized carbons (Fsp3) is 0.103. The molecule has 0 atom stereocenters. The van der Waals surface area contributed by atoms with Crippen LogP contribution >= 0.6 is 0 Å². The average Bonchev–Trinajstić information content (AvgIpc) is 2.82. The van der Waals surface area contributed by atoms with Crippen LogP contribution in [0.3, 0.4) is 0 Å². The molecule has 33 heavy (non-hydrogen) atoms. The minimum Gasteiger partial charge on any atom is -0.378 e. The second-order valence-electron chi connectivity index (χ2n) is 7.85. The Labute approximate surface area is 196 Å². The van der Waals surface area contributed by atoms with E-state index in [0.29, 0.717) is 16.9 Å². The number of allylic oxidation sites excluding steroid dienone is 1. The van der Waals surface area contributed by atoms with E-state index in [-0.39, 0.29) is 10.8 Å². The van der Waals surface area contributed by atoms with Crippen molar-refractivity contribution in [3.05, 3.63) is 137 Å². The molecule has 0 heterocycles. The van der Waals surface area contributed by atoms with Crippen molar-refractivity contribution in [1.29, 1.82) is 0 Å². The topological polar surface area (TPSA) is 43.4 Å². The predicted molar refractivity (Wildman–Crippen MR) is 134 cm³/mol. The predicted octanol–water partition coefficient (Wildman–Crippen LogP) is 6.98. The quantitative estimate of drug-likeness (QED) is 0.224. The zero-order valence-corrected chi connectivity index (χ0v) is 19.5. The summed E-state index contributed by atoms with van der Waals surface area (Å²) in [4.78, 5) is 0.173. The van der Waals surface area contributed by atoms with Crippen LogP contribution < -0.4 is 4.18 Å². The van der Waals surface area contributed by atoms with Gasteiger partial charge >= 0.3 is 10.1 Å². The molecular weight excluding hydrogens is 428 g/mol. The minimum absolute atomic E-state index is 0.0124. The summed E-state index contributed by atoms with van der Waals surface area (Å²) in [5, 5.41) is 0. The Morgan fingerprint density at radius 3 is 1.88 bits per heavy atom. The summed E-state index contributed by atoms with van der Waals surface area (Å²) in [6.45, 7) is 3.66. The van der Waals surface area contributed by atoms with Crippen LogP contribution in [0.25, 0.3) is 6.08 Å². The number of hydrogen-bond donors (Lipinski definition) is 0. The third kappa shape index (κ3) is 5.07. The van der Waals surface area contributed by atoms with E-state index in [2.05, 4.69) is 24.3 Å². The fourth-order valence-electron chi connectivity index (χ4n) is 4.00. The smallest absolute Gasteiger partial charge is 0.339 e. The van der Waals surface area contributed by atoms with E-state index in [0.717, 1.165) is 16.7 Å². The van der Waals surface area contributed by atoms with Gasteiger partial charge in [0, 0.05) is 11.5 Å². The molecule has 0 aliphatic rings. The number of benzene rings is 4. The van der Waals surface area contributed by atoms with Crippen molar-refractivity contribution in [2.75, 3.05) is 0 Å². The van der Waals surface area contributed by atoms with E-state index in [1.807, 2.05) is 73.7 Å². The van der Waals surface area contributed by atoms with E-state index in [1.54, 1.807) is 31.2 Å². The van der Waals surface area contributed by atoms with E-state index < -0.39 is 10.1 Å². The van der Waals surface area contributed by atoms with Gasteiger partial charge in [-0.25, -0.2) is 0 Å². The Hall–Kier alpha value is -3.63. The molecule has 0 aliphatic carbocycles. The zero-order chi connectivity index (χ0) is 23.3. The molecule has 166 valence electrons. The summed E-state index contributed by atoms with van der Waals surface area (Å²) in [5.41, 5.74) is 4.74. The van der Waals surface area contributed by atoms with Gasteiger partial charge in [-0.3, -0.25) is 0 Å². The van der Waals surface area contributed by atoms with E-state index in [1.165, 1.54) is 0 Å². The summed E-state index contributed by atoms with van der Waals surface area (Å²) in [6.07, 6.45) is 3.76. The molecular formula is C29H26O3S. The van der Waals surface area contributed by atoms with Crippen LogP contribution in [0.1, 0.15) is 40.7 Å². The number of aryl methyl sites for hydroxylation is 1. The molecule has 0 amide bonds. The summed E-state index contributed by atoms with van der Waals surface area (Å²) >= 11 is 0. The highest BCUT2D eigenvalue weighted by atomic mass is 32.2. The largest absolute Gasteiger partial charge is 0.378 e. The first kappa shape index (κ1) is 22.6. The number of hydrogen-bond acceptors (Lipinski definition) is 3. The van der Waals surface area contributed by atoms with E-state index in [9.17, 15) is 8.42 Å². The molecule has 0 fully saturated rings. The van der Waals surface area contributed by atoms with Gasteiger partial charge in [0.1, 0.15) is 10.6 Å². The van der Waals surface area contributed by atoms with Crippen LogP contribution in [0.5, 0.6) is 5.75 Å². The lowest BCUT2D eigenvalue weighted by molar-refractivity contribution is 0.485. The van der Waals surface area contributed by atoms with Crippen molar-refractivity contribution < 1.29 is 12.6 Å². The molecule has 0 N–H and O–H groups in total. The van der Waals surface area contributed by atoms with Gasteiger partial charge in [0.25, 0.3) is 0 Å². The lowest BCUT2D eigenvalue weighted by Crippen LogP contribution is -2.12. The lowest BCUT2D eigenvalue weighted by atomic mass is 9.84. The minimum atomic E-state index is -3.96. The molecule has 4 aromatic rings. The highest BCUT2D eigenvalue weighted by molar-refractivity contribution is 7.87. The van der Waals surface area contributed by atoms with Crippen molar-refractivity contribution in [1.82, 2.24) is 0 Å². The molecule has 0 aliphatic heterocycles. The Balaban J connectivity index is 1.79.